The van der Waals surface area contributed by atoms with Gasteiger partial charge in [-0.05, 0) is 31.5 Å². The number of benzene rings is 2. The number of carbonyl (C=O) groups excluding carboxylic acids is 2. The van der Waals surface area contributed by atoms with Crippen LogP contribution in [0.3, 0.4) is 0 Å². The molecule has 1 atom stereocenters. The van der Waals surface area contributed by atoms with Crippen LogP contribution in [0.5, 0.6) is 0 Å². The number of ether oxygens (including phenoxy) is 1. The van der Waals surface area contributed by atoms with Crippen LogP contribution in [0.1, 0.15) is 41.6 Å². The molecule has 2 aromatic carbocycles. The van der Waals surface area contributed by atoms with Gasteiger partial charge in [0.2, 0.25) is 5.91 Å². The van der Waals surface area contributed by atoms with E-state index in [0.717, 1.165) is 16.5 Å². The van der Waals surface area contributed by atoms with Crippen LogP contribution in [0.2, 0.25) is 0 Å². The van der Waals surface area contributed by atoms with Crippen LogP contribution in [-0.4, -0.2) is 47.4 Å². The van der Waals surface area contributed by atoms with Crippen LogP contribution in [-0.2, 0) is 16.0 Å². The number of carbonyl (C=O) groups is 2. The van der Waals surface area contributed by atoms with E-state index in [1.54, 1.807) is 6.07 Å². The fraction of sp³-hybridized carbons (Fsp3) is 0.320. The molecule has 6 heteroatoms. The number of amides is 2. The highest BCUT2D eigenvalue weighted by molar-refractivity contribution is 6.06. The molecule has 1 aromatic heterocycles. The first-order chi connectivity index (χ1) is 15.0. The summed E-state index contributed by atoms with van der Waals surface area (Å²) < 4.78 is 5.97. The second-order valence-electron chi connectivity index (χ2n) is 8.10. The SMILES string of the molecule is CC(C)NC(=O)c1cc(C2CN(C(=O)Cc3ccccc3)CCO2)nc2ccccc12. The van der Waals surface area contributed by atoms with Crippen molar-refractivity contribution in [3.8, 4) is 0 Å². The second kappa shape index (κ2) is 9.27. The van der Waals surface area contributed by atoms with Gasteiger partial charge in [-0.3, -0.25) is 9.59 Å². The van der Waals surface area contributed by atoms with Crippen molar-refractivity contribution in [1.82, 2.24) is 15.2 Å². The number of hydrogen-bond donors (Lipinski definition) is 1. The number of hydrogen-bond acceptors (Lipinski definition) is 4. The maximum Gasteiger partial charge on any atom is 0.252 e. The molecule has 3 aromatic rings. The molecule has 160 valence electrons. The third-order valence-corrected chi connectivity index (χ3v) is 5.35. The number of pyridine rings is 1. The maximum atomic E-state index is 12.8. The molecule has 31 heavy (non-hydrogen) atoms. The molecule has 2 heterocycles. The Morgan fingerprint density at radius 3 is 2.65 bits per heavy atom. The molecule has 2 amide bonds. The van der Waals surface area contributed by atoms with Crippen molar-refractivity contribution in [2.45, 2.75) is 32.4 Å². The van der Waals surface area contributed by atoms with Crippen molar-refractivity contribution in [1.29, 1.82) is 0 Å². The van der Waals surface area contributed by atoms with Crippen molar-refractivity contribution in [3.05, 3.63) is 77.5 Å². The molecule has 0 radical (unpaired) electrons. The van der Waals surface area contributed by atoms with E-state index in [9.17, 15) is 9.59 Å². The number of para-hydroxylation sites is 1. The van der Waals surface area contributed by atoms with Crippen molar-refractivity contribution in [2.24, 2.45) is 0 Å². The Morgan fingerprint density at radius 1 is 1.13 bits per heavy atom. The summed E-state index contributed by atoms with van der Waals surface area (Å²) in [6.07, 6.45) is -0.00973. The molecule has 1 N–H and O–H groups in total. The largest absolute Gasteiger partial charge is 0.368 e. The molecule has 1 unspecified atom stereocenters. The van der Waals surface area contributed by atoms with Gasteiger partial charge in [-0.25, -0.2) is 4.98 Å². The monoisotopic (exact) mass is 417 g/mol. The number of morpholine rings is 1. The Hall–Kier alpha value is -3.25. The summed E-state index contributed by atoms with van der Waals surface area (Å²) in [5.74, 6) is -0.0688. The third-order valence-electron chi connectivity index (χ3n) is 5.35. The van der Waals surface area contributed by atoms with Crippen LogP contribution in [0.25, 0.3) is 10.9 Å². The molecule has 1 aliphatic heterocycles. The van der Waals surface area contributed by atoms with Crippen molar-refractivity contribution < 1.29 is 14.3 Å². The minimum atomic E-state index is -0.372. The molecule has 0 aliphatic carbocycles. The standard InChI is InChI=1S/C25H27N3O3/c1-17(2)26-25(30)20-15-22(27-21-11-7-6-10-19(20)21)23-16-28(12-13-31-23)24(29)14-18-8-4-3-5-9-18/h3-11,15,17,23H,12-14,16H2,1-2H3,(H,26,30). The van der Waals surface area contributed by atoms with E-state index in [1.807, 2.05) is 73.3 Å². The van der Waals surface area contributed by atoms with Crippen molar-refractivity contribution >= 4 is 22.7 Å². The topological polar surface area (TPSA) is 71.5 Å². The number of nitrogens with one attached hydrogen (secondary N) is 1. The Kier molecular flexibility index (Phi) is 6.28. The summed E-state index contributed by atoms with van der Waals surface area (Å²) in [5.41, 5.74) is 2.98. The lowest BCUT2D eigenvalue weighted by atomic mass is 10.0. The molecule has 0 bridgehead atoms. The van der Waals surface area contributed by atoms with Crippen molar-refractivity contribution in [2.75, 3.05) is 19.7 Å². The average molecular weight is 418 g/mol. The number of fused-ring (bicyclic) bond motifs is 1. The summed E-state index contributed by atoms with van der Waals surface area (Å²) >= 11 is 0. The Morgan fingerprint density at radius 2 is 1.87 bits per heavy atom. The van der Waals surface area contributed by atoms with Gasteiger partial charge in [0.15, 0.2) is 0 Å². The smallest absolute Gasteiger partial charge is 0.252 e. The summed E-state index contributed by atoms with van der Waals surface area (Å²) in [6, 6.07) is 19.2. The fourth-order valence-electron chi connectivity index (χ4n) is 3.83. The summed E-state index contributed by atoms with van der Waals surface area (Å²) in [5, 5.41) is 3.77. The van der Waals surface area contributed by atoms with Crippen LogP contribution in [0, 0.1) is 0 Å². The molecule has 6 nitrogen and oxygen atoms in total. The van der Waals surface area contributed by atoms with E-state index in [2.05, 4.69) is 5.32 Å². The molecule has 1 saturated heterocycles. The fourth-order valence-corrected chi connectivity index (χ4v) is 3.83. The van der Waals surface area contributed by atoms with E-state index in [4.69, 9.17) is 9.72 Å². The Bertz CT molecular complexity index is 1080. The third kappa shape index (κ3) is 4.91. The summed E-state index contributed by atoms with van der Waals surface area (Å²) in [4.78, 5) is 32.3. The molecule has 1 fully saturated rings. The van der Waals surface area contributed by atoms with E-state index < -0.39 is 0 Å². The highest BCUT2D eigenvalue weighted by atomic mass is 16.5. The molecular weight excluding hydrogens is 390 g/mol. The zero-order valence-electron chi connectivity index (χ0n) is 17.9. The predicted molar refractivity (Wildman–Crippen MR) is 120 cm³/mol. The van der Waals surface area contributed by atoms with Gasteiger partial charge in [-0.15, -0.1) is 0 Å². The highest BCUT2D eigenvalue weighted by Gasteiger charge is 2.27. The predicted octanol–water partition coefficient (Wildman–Crippen LogP) is 3.52. The lowest BCUT2D eigenvalue weighted by Gasteiger charge is -2.33. The van der Waals surface area contributed by atoms with E-state index in [-0.39, 0.29) is 24.0 Å². The Labute approximate surface area is 182 Å². The van der Waals surface area contributed by atoms with Crippen LogP contribution in [0.15, 0.2) is 60.7 Å². The molecule has 1 aliphatic rings. The lowest BCUT2D eigenvalue weighted by Crippen LogP contribution is -2.43. The number of rotatable bonds is 5. The average Bonchev–Trinajstić information content (AvgIpc) is 2.78. The first-order valence-corrected chi connectivity index (χ1v) is 10.6. The minimum absolute atomic E-state index is 0.0277. The molecular formula is C25H27N3O3. The first kappa shape index (κ1) is 21.0. The molecule has 4 rings (SSSR count). The van der Waals surface area contributed by atoms with Crippen LogP contribution >= 0.6 is 0 Å². The zero-order valence-corrected chi connectivity index (χ0v) is 17.9. The first-order valence-electron chi connectivity index (χ1n) is 10.6. The van der Waals surface area contributed by atoms with Gasteiger partial charge in [0.05, 0.1) is 36.3 Å². The van der Waals surface area contributed by atoms with Gasteiger partial charge in [0.1, 0.15) is 6.10 Å². The number of aromatic nitrogens is 1. The normalized spacial score (nSPS) is 16.5. The van der Waals surface area contributed by atoms with Crippen molar-refractivity contribution in [3.63, 3.8) is 0 Å². The molecule has 0 spiro atoms. The Balaban J connectivity index is 1.59. The van der Waals surface area contributed by atoms with E-state index in [0.29, 0.717) is 37.4 Å². The van der Waals surface area contributed by atoms with Gasteiger partial charge in [0.25, 0.3) is 5.91 Å². The highest BCUT2D eigenvalue weighted by Crippen LogP contribution is 2.26. The quantitative estimate of drug-likeness (QED) is 0.690. The van der Waals surface area contributed by atoms with Crippen LogP contribution in [0.4, 0.5) is 0 Å². The van der Waals surface area contributed by atoms with Gasteiger partial charge >= 0.3 is 0 Å². The number of nitrogens with zero attached hydrogens (tertiary/aromatic N) is 2. The lowest BCUT2D eigenvalue weighted by molar-refractivity contribution is -0.138. The minimum Gasteiger partial charge on any atom is -0.368 e. The second-order valence-corrected chi connectivity index (χ2v) is 8.10. The van der Waals surface area contributed by atoms with Gasteiger partial charge < -0.3 is 15.0 Å². The van der Waals surface area contributed by atoms with Gasteiger partial charge in [-0.1, -0.05) is 48.5 Å². The van der Waals surface area contributed by atoms with E-state index in [1.165, 1.54) is 0 Å². The summed E-state index contributed by atoms with van der Waals surface area (Å²) in [7, 11) is 0. The maximum absolute atomic E-state index is 12.8. The zero-order chi connectivity index (χ0) is 21.8. The van der Waals surface area contributed by atoms with E-state index >= 15 is 0 Å². The molecule has 0 saturated carbocycles. The summed E-state index contributed by atoms with van der Waals surface area (Å²) in [6.45, 7) is 5.28. The van der Waals surface area contributed by atoms with Crippen LogP contribution < -0.4 is 5.32 Å². The van der Waals surface area contributed by atoms with Gasteiger partial charge in [-0.2, -0.15) is 0 Å². The van der Waals surface area contributed by atoms with Gasteiger partial charge in [0, 0.05) is 18.0 Å².